The van der Waals surface area contributed by atoms with Crippen LogP contribution in [0, 0.1) is 17.8 Å². The first-order valence-corrected chi connectivity index (χ1v) is 10.4. The maximum Gasteiger partial charge on any atom is 0.255 e. The van der Waals surface area contributed by atoms with E-state index >= 15 is 0 Å². The molecule has 0 aliphatic heterocycles. The van der Waals surface area contributed by atoms with Crippen LogP contribution >= 0.6 is 0 Å². The Hall–Kier alpha value is -1.36. The molecule has 1 aromatic rings. The summed E-state index contributed by atoms with van der Waals surface area (Å²) in [4.78, 5) is 13.2. The van der Waals surface area contributed by atoms with Gasteiger partial charge in [0.1, 0.15) is 0 Å². The van der Waals surface area contributed by atoms with Crippen molar-refractivity contribution in [2.45, 2.75) is 88.8 Å². The largest absolute Gasteiger partial charge is 0.390 e. The molecule has 2 atom stereocenters. The maximum absolute atomic E-state index is 13.2. The second kappa shape index (κ2) is 5.34. The average Bonchev–Trinajstić information content (AvgIpc) is 3.25. The standard InChI is InChI=1S/C21H31N3O2/c1-20(2,3)24-18(13-4-5-13)16(11-22-24)19(25)23-17-14-6-12-7-15(17)10-21(26,8-12)9-14/h11-15,17,26H,4-10H2,1-3H3,(H,23,25). The van der Waals surface area contributed by atoms with Gasteiger partial charge in [-0.05, 0) is 83.5 Å². The molecular formula is C21H31N3O2. The Morgan fingerprint density at radius 1 is 1.23 bits per heavy atom. The first kappa shape index (κ1) is 16.8. The van der Waals surface area contributed by atoms with Crippen molar-refractivity contribution in [2.75, 3.05) is 0 Å². The molecule has 5 nitrogen and oxygen atoms in total. The summed E-state index contributed by atoms with van der Waals surface area (Å²) < 4.78 is 2.05. The van der Waals surface area contributed by atoms with Crippen molar-refractivity contribution >= 4 is 5.91 Å². The van der Waals surface area contributed by atoms with Crippen LogP contribution < -0.4 is 5.32 Å². The van der Waals surface area contributed by atoms with Gasteiger partial charge in [0.25, 0.3) is 5.91 Å². The molecule has 0 saturated heterocycles. The van der Waals surface area contributed by atoms with E-state index in [2.05, 4.69) is 35.9 Å². The predicted molar refractivity (Wildman–Crippen MR) is 99.0 cm³/mol. The Morgan fingerprint density at radius 2 is 1.88 bits per heavy atom. The number of carbonyl (C=O) groups excluding carboxylic acids is 1. The summed E-state index contributed by atoms with van der Waals surface area (Å²) in [5, 5.41) is 18.7. The van der Waals surface area contributed by atoms with Gasteiger partial charge in [-0.3, -0.25) is 9.48 Å². The number of aromatic nitrogens is 2. The number of hydrogen-bond donors (Lipinski definition) is 2. The van der Waals surface area contributed by atoms with E-state index in [4.69, 9.17) is 0 Å². The molecule has 26 heavy (non-hydrogen) atoms. The molecule has 5 fully saturated rings. The minimum Gasteiger partial charge on any atom is -0.390 e. The molecule has 5 aliphatic carbocycles. The molecule has 0 spiro atoms. The van der Waals surface area contributed by atoms with E-state index in [9.17, 15) is 9.90 Å². The molecule has 142 valence electrons. The van der Waals surface area contributed by atoms with Crippen LogP contribution in [0.15, 0.2) is 6.20 Å². The minimum atomic E-state index is -0.450. The summed E-state index contributed by atoms with van der Waals surface area (Å²) in [6.45, 7) is 6.43. The van der Waals surface area contributed by atoms with Crippen molar-refractivity contribution in [3.05, 3.63) is 17.5 Å². The van der Waals surface area contributed by atoms with Crippen LogP contribution in [0.25, 0.3) is 0 Å². The zero-order valence-electron chi connectivity index (χ0n) is 16.2. The molecule has 1 amide bonds. The molecule has 0 aromatic carbocycles. The highest BCUT2D eigenvalue weighted by molar-refractivity contribution is 5.95. The van der Waals surface area contributed by atoms with E-state index in [-0.39, 0.29) is 17.5 Å². The van der Waals surface area contributed by atoms with Crippen molar-refractivity contribution < 1.29 is 9.90 Å². The molecule has 4 bridgehead atoms. The van der Waals surface area contributed by atoms with Crippen LogP contribution in [0.1, 0.15) is 87.7 Å². The van der Waals surface area contributed by atoms with Gasteiger partial charge in [-0.2, -0.15) is 5.10 Å². The van der Waals surface area contributed by atoms with Crippen LogP contribution in [0.4, 0.5) is 0 Å². The Bertz CT molecular complexity index is 727. The lowest BCUT2D eigenvalue weighted by Crippen LogP contribution is -2.61. The number of hydrogen-bond acceptors (Lipinski definition) is 3. The SMILES string of the molecule is CC(C)(C)n1ncc(C(=O)NC2C3CC4CC2CC(O)(C4)C3)c1C1CC1. The molecule has 0 radical (unpaired) electrons. The van der Waals surface area contributed by atoms with Crippen LogP contribution in [-0.2, 0) is 5.54 Å². The third-order valence-corrected chi connectivity index (χ3v) is 7.19. The molecule has 2 N–H and O–H groups in total. The molecule has 2 unspecified atom stereocenters. The van der Waals surface area contributed by atoms with Gasteiger partial charge < -0.3 is 10.4 Å². The first-order chi connectivity index (χ1) is 12.2. The fourth-order valence-corrected chi connectivity index (χ4v) is 6.26. The highest BCUT2D eigenvalue weighted by Gasteiger charge is 2.55. The zero-order chi connectivity index (χ0) is 18.3. The van der Waals surface area contributed by atoms with E-state index in [1.54, 1.807) is 6.20 Å². The Labute approximate surface area is 155 Å². The lowest BCUT2D eigenvalue weighted by Gasteiger charge is -2.58. The molecule has 1 aromatic heterocycles. The lowest BCUT2D eigenvalue weighted by molar-refractivity contribution is -0.136. The van der Waals surface area contributed by atoms with Gasteiger partial charge in [0.15, 0.2) is 0 Å². The van der Waals surface area contributed by atoms with Gasteiger partial charge >= 0.3 is 0 Å². The van der Waals surface area contributed by atoms with Crippen LogP contribution in [0.2, 0.25) is 0 Å². The summed E-state index contributed by atoms with van der Waals surface area (Å²) in [5.74, 6) is 2.08. The fraction of sp³-hybridized carbons (Fsp3) is 0.810. The van der Waals surface area contributed by atoms with Crippen LogP contribution in [0.5, 0.6) is 0 Å². The smallest absolute Gasteiger partial charge is 0.255 e. The van der Waals surface area contributed by atoms with Crippen LogP contribution in [0.3, 0.4) is 0 Å². The number of nitrogens with one attached hydrogen (secondary N) is 1. The van der Waals surface area contributed by atoms with Gasteiger partial charge in [0, 0.05) is 12.0 Å². The highest BCUT2D eigenvalue weighted by Crippen LogP contribution is 2.55. The lowest BCUT2D eigenvalue weighted by atomic mass is 9.52. The molecule has 1 heterocycles. The van der Waals surface area contributed by atoms with Crippen molar-refractivity contribution in [2.24, 2.45) is 17.8 Å². The summed E-state index contributed by atoms with van der Waals surface area (Å²) in [5.41, 5.74) is 1.34. The minimum absolute atomic E-state index is 0.0480. The quantitative estimate of drug-likeness (QED) is 0.873. The molecule has 5 saturated carbocycles. The van der Waals surface area contributed by atoms with Gasteiger partial charge in [-0.15, -0.1) is 0 Å². The normalized spacial score (nSPS) is 38.6. The van der Waals surface area contributed by atoms with Crippen LogP contribution in [-0.4, -0.2) is 32.4 Å². The summed E-state index contributed by atoms with van der Waals surface area (Å²) in [6, 6.07) is 0.226. The van der Waals surface area contributed by atoms with E-state index in [0.29, 0.717) is 23.7 Å². The number of amides is 1. The average molecular weight is 357 g/mol. The molecule has 5 heteroatoms. The molecular weight excluding hydrogens is 326 g/mol. The van der Waals surface area contributed by atoms with Gasteiger partial charge in [-0.1, -0.05) is 0 Å². The van der Waals surface area contributed by atoms with Gasteiger partial charge in [0.05, 0.1) is 28.6 Å². The Morgan fingerprint density at radius 3 is 2.42 bits per heavy atom. The second-order valence-corrected chi connectivity index (χ2v) is 10.5. The van der Waals surface area contributed by atoms with Crippen molar-refractivity contribution in [3.63, 3.8) is 0 Å². The van der Waals surface area contributed by atoms with E-state index < -0.39 is 5.60 Å². The third kappa shape index (κ3) is 2.62. The number of aliphatic hydroxyl groups is 1. The van der Waals surface area contributed by atoms with Crippen molar-refractivity contribution in [1.82, 2.24) is 15.1 Å². The van der Waals surface area contributed by atoms with Gasteiger partial charge in [0.2, 0.25) is 0 Å². The van der Waals surface area contributed by atoms with Crippen molar-refractivity contribution in [3.8, 4) is 0 Å². The topological polar surface area (TPSA) is 67.2 Å². The predicted octanol–water partition coefficient (Wildman–Crippen LogP) is 3.18. The maximum atomic E-state index is 13.2. The summed E-state index contributed by atoms with van der Waals surface area (Å²) in [6.07, 6.45) is 9.13. The van der Waals surface area contributed by atoms with Crippen molar-refractivity contribution in [1.29, 1.82) is 0 Å². The number of rotatable bonds is 3. The fourth-order valence-electron chi connectivity index (χ4n) is 6.26. The Balaban J connectivity index is 1.39. The summed E-state index contributed by atoms with van der Waals surface area (Å²) in [7, 11) is 0. The summed E-state index contributed by atoms with van der Waals surface area (Å²) >= 11 is 0. The Kier molecular flexibility index (Phi) is 3.45. The van der Waals surface area contributed by atoms with E-state index in [1.807, 2.05) is 0 Å². The van der Waals surface area contributed by atoms with Gasteiger partial charge in [-0.25, -0.2) is 0 Å². The number of nitrogens with zero attached hydrogens (tertiary/aromatic N) is 2. The third-order valence-electron chi connectivity index (χ3n) is 7.19. The molecule has 5 aliphatic rings. The highest BCUT2D eigenvalue weighted by atomic mass is 16.3. The first-order valence-electron chi connectivity index (χ1n) is 10.4. The second-order valence-electron chi connectivity index (χ2n) is 10.5. The van der Waals surface area contributed by atoms with E-state index in [0.717, 1.165) is 43.4 Å². The van der Waals surface area contributed by atoms with E-state index in [1.165, 1.54) is 12.8 Å². The molecule has 6 rings (SSSR count). The zero-order valence-corrected chi connectivity index (χ0v) is 16.2. The number of carbonyl (C=O) groups is 1. The monoisotopic (exact) mass is 357 g/mol.